The number of carbonyl (C=O) groups is 1. The van der Waals surface area contributed by atoms with Gasteiger partial charge in [0.2, 0.25) is 0 Å². The van der Waals surface area contributed by atoms with Crippen LogP contribution in [0.15, 0.2) is 47.4 Å². The van der Waals surface area contributed by atoms with Crippen molar-refractivity contribution in [2.24, 2.45) is 11.8 Å². The lowest BCUT2D eigenvalue weighted by Crippen LogP contribution is -2.42. The fourth-order valence-electron chi connectivity index (χ4n) is 3.79. The van der Waals surface area contributed by atoms with E-state index in [9.17, 15) is 26.4 Å². The minimum Gasteiger partial charge on any atom is -0.338 e. The summed E-state index contributed by atoms with van der Waals surface area (Å²) in [7, 11) is -4.28. The van der Waals surface area contributed by atoms with Crippen molar-refractivity contribution < 1.29 is 26.4 Å². The van der Waals surface area contributed by atoms with Crippen LogP contribution in [-0.2, 0) is 16.2 Å². The Balaban J connectivity index is 1.87. The molecule has 0 spiro atoms. The van der Waals surface area contributed by atoms with Crippen molar-refractivity contribution in [1.29, 1.82) is 0 Å². The number of alkyl halides is 3. The normalized spacial score (nSPS) is 19.9. The van der Waals surface area contributed by atoms with Crippen molar-refractivity contribution in [2.45, 2.75) is 31.3 Å². The first kappa shape index (κ1) is 23.4. The van der Waals surface area contributed by atoms with E-state index in [1.807, 2.05) is 0 Å². The van der Waals surface area contributed by atoms with Crippen LogP contribution in [0.2, 0.25) is 5.02 Å². The molecular weight excluding hydrogens is 453 g/mol. The van der Waals surface area contributed by atoms with Gasteiger partial charge in [0, 0.05) is 18.7 Å². The zero-order valence-corrected chi connectivity index (χ0v) is 18.5. The molecule has 1 aliphatic rings. The Morgan fingerprint density at radius 3 is 2.35 bits per heavy atom. The fourth-order valence-corrected chi connectivity index (χ4v) is 5.13. The van der Waals surface area contributed by atoms with Crippen LogP contribution in [0.4, 0.5) is 18.9 Å². The molecular formula is C21H22ClF3N2O3S. The Hall–Kier alpha value is -2.26. The van der Waals surface area contributed by atoms with E-state index in [2.05, 4.69) is 18.6 Å². The molecule has 0 saturated carbocycles. The maximum Gasteiger partial charge on any atom is 0.416 e. The van der Waals surface area contributed by atoms with E-state index in [1.165, 1.54) is 24.3 Å². The van der Waals surface area contributed by atoms with Gasteiger partial charge in [0.25, 0.3) is 15.9 Å². The van der Waals surface area contributed by atoms with Gasteiger partial charge in [0.1, 0.15) is 0 Å². The van der Waals surface area contributed by atoms with Gasteiger partial charge in [-0.15, -0.1) is 0 Å². The average Bonchev–Trinajstić information content (AvgIpc) is 2.67. The number of benzene rings is 2. The number of likely N-dealkylation sites (tertiary alicyclic amines) is 1. The zero-order valence-electron chi connectivity index (χ0n) is 16.9. The Bertz CT molecular complexity index is 1080. The molecule has 0 aliphatic carbocycles. The first-order chi connectivity index (χ1) is 14.4. The highest BCUT2D eigenvalue weighted by molar-refractivity contribution is 7.92. The summed E-state index contributed by atoms with van der Waals surface area (Å²) in [6, 6.07) is 7.79. The fraction of sp³-hybridized carbons (Fsp3) is 0.381. The van der Waals surface area contributed by atoms with Gasteiger partial charge in [-0.1, -0.05) is 31.5 Å². The van der Waals surface area contributed by atoms with Crippen LogP contribution in [0, 0.1) is 11.8 Å². The number of nitrogens with zero attached hydrogens (tertiary/aromatic N) is 1. The van der Waals surface area contributed by atoms with E-state index in [1.54, 1.807) is 4.90 Å². The van der Waals surface area contributed by atoms with Gasteiger partial charge < -0.3 is 4.90 Å². The number of carbonyl (C=O) groups excluding carboxylic acids is 1. The second-order valence-corrected chi connectivity index (χ2v) is 10.1. The van der Waals surface area contributed by atoms with Crippen LogP contribution < -0.4 is 4.72 Å². The third-order valence-corrected chi connectivity index (χ3v) is 6.78. The number of nitrogens with one attached hydrogen (secondary N) is 1. The number of hydrogen-bond donors (Lipinski definition) is 1. The molecule has 3 rings (SSSR count). The molecule has 1 heterocycles. The van der Waals surface area contributed by atoms with Crippen LogP contribution in [0.5, 0.6) is 0 Å². The summed E-state index contributed by atoms with van der Waals surface area (Å²) in [6.45, 7) is 5.27. The summed E-state index contributed by atoms with van der Waals surface area (Å²) in [4.78, 5) is 14.4. The minimum absolute atomic E-state index is 0.180. The number of piperidine rings is 1. The number of halogens is 4. The minimum atomic E-state index is -4.65. The maximum atomic E-state index is 13.0. The highest BCUT2D eigenvalue weighted by Gasteiger charge is 2.32. The quantitative estimate of drug-likeness (QED) is 0.655. The Morgan fingerprint density at radius 1 is 1.10 bits per heavy atom. The molecule has 168 valence electrons. The summed E-state index contributed by atoms with van der Waals surface area (Å²) < 4.78 is 66.6. The number of anilines is 1. The third-order valence-electron chi connectivity index (χ3n) is 5.09. The van der Waals surface area contributed by atoms with Gasteiger partial charge in [0.15, 0.2) is 0 Å². The molecule has 1 N–H and O–H groups in total. The molecule has 10 heteroatoms. The molecule has 31 heavy (non-hydrogen) atoms. The monoisotopic (exact) mass is 474 g/mol. The van der Waals surface area contributed by atoms with Crippen molar-refractivity contribution in [3.8, 4) is 0 Å². The Kier molecular flexibility index (Phi) is 6.57. The van der Waals surface area contributed by atoms with E-state index >= 15 is 0 Å². The molecule has 0 radical (unpaired) electrons. The topological polar surface area (TPSA) is 66.5 Å². The van der Waals surface area contributed by atoms with Gasteiger partial charge in [-0.25, -0.2) is 8.42 Å². The molecule has 1 saturated heterocycles. The predicted octanol–water partition coefficient (Wildman–Crippen LogP) is 5.28. The smallest absolute Gasteiger partial charge is 0.338 e. The zero-order chi connectivity index (χ0) is 23.0. The predicted molar refractivity (Wildman–Crippen MR) is 113 cm³/mol. The van der Waals surface area contributed by atoms with Crippen LogP contribution in [0.3, 0.4) is 0 Å². The molecule has 2 aromatic carbocycles. The lowest BCUT2D eigenvalue weighted by atomic mass is 9.91. The van der Waals surface area contributed by atoms with Crippen LogP contribution in [0.1, 0.15) is 36.2 Å². The highest BCUT2D eigenvalue weighted by Crippen LogP contribution is 2.34. The molecule has 1 aliphatic heterocycles. The molecule has 1 fully saturated rings. The number of amides is 1. The summed E-state index contributed by atoms with van der Waals surface area (Å²) >= 11 is 5.90. The lowest BCUT2D eigenvalue weighted by Gasteiger charge is -2.35. The summed E-state index contributed by atoms with van der Waals surface area (Å²) in [6.07, 6.45) is -3.64. The number of hydrogen-bond acceptors (Lipinski definition) is 3. The van der Waals surface area contributed by atoms with Gasteiger partial charge in [-0.2, -0.15) is 13.2 Å². The number of rotatable bonds is 4. The Labute approximate surface area is 184 Å². The second kappa shape index (κ2) is 8.70. The molecule has 2 atom stereocenters. The maximum absolute atomic E-state index is 13.0. The summed E-state index contributed by atoms with van der Waals surface area (Å²) in [5, 5.41) is -0.180. The van der Waals surface area contributed by atoms with Gasteiger partial charge in [-0.05, 0) is 54.7 Å². The van der Waals surface area contributed by atoms with Crippen molar-refractivity contribution in [3.05, 3.63) is 58.6 Å². The van der Waals surface area contributed by atoms with Crippen molar-refractivity contribution in [3.63, 3.8) is 0 Å². The van der Waals surface area contributed by atoms with Crippen LogP contribution >= 0.6 is 11.6 Å². The van der Waals surface area contributed by atoms with E-state index in [0.29, 0.717) is 31.0 Å². The highest BCUT2D eigenvalue weighted by atomic mass is 35.5. The average molecular weight is 475 g/mol. The van der Waals surface area contributed by atoms with Gasteiger partial charge >= 0.3 is 6.18 Å². The molecule has 0 bridgehead atoms. The molecule has 5 nitrogen and oxygen atoms in total. The van der Waals surface area contributed by atoms with Crippen molar-refractivity contribution in [2.75, 3.05) is 17.8 Å². The second-order valence-electron chi connectivity index (χ2n) is 7.98. The van der Waals surface area contributed by atoms with E-state index in [-0.39, 0.29) is 21.4 Å². The molecule has 0 aromatic heterocycles. The SMILES string of the molecule is C[C@@H]1C[C@@H](C)CN(C(=O)c2cccc(S(=O)(=O)Nc3cc(C(F)(F)F)ccc3Cl)c2)C1. The third kappa shape index (κ3) is 5.51. The molecule has 1 amide bonds. The standard InChI is InChI=1S/C21H22ClF3N2O3S/c1-13-8-14(2)12-27(11-13)20(28)15-4-3-5-17(9-15)31(29,30)26-19-10-16(21(23,24)25)6-7-18(19)22/h3-7,9-10,13-14,26H,8,11-12H2,1-2H3/t13-,14-/m1/s1. The summed E-state index contributed by atoms with van der Waals surface area (Å²) in [5.41, 5.74) is -1.24. The largest absolute Gasteiger partial charge is 0.416 e. The van der Waals surface area contributed by atoms with Crippen molar-refractivity contribution >= 4 is 33.2 Å². The summed E-state index contributed by atoms with van der Waals surface area (Å²) in [5.74, 6) is 0.390. The van der Waals surface area contributed by atoms with E-state index in [4.69, 9.17) is 11.6 Å². The van der Waals surface area contributed by atoms with Gasteiger partial charge in [-0.3, -0.25) is 9.52 Å². The van der Waals surface area contributed by atoms with Crippen LogP contribution in [0.25, 0.3) is 0 Å². The number of sulfonamides is 1. The van der Waals surface area contributed by atoms with Crippen LogP contribution in [-0.4, -0.2) is 32.3 Å². The van der Waals surface area contributed by atoms with E-state index < -0.39 is 27.5 Å². The Morgan fingerprint density at radius 2 is 1.74 bits per heavy atom. The van der Waals surface area contributed by atoms with Crippen molar-refractivity contribution in [1.82, 2.24) is 4.90 Å². The van der Waals surface area contributed by atoms with E-state index in [0.717, 1.165) is 18.6 Å². The molecule has 0 unspecified atom stereocenters. The molecule has 2 aromatic rings. The van der Waals surface area contributed by atoms with Gasteiger partial charge in [0.05, 0.1) is 21.2 Å². The first-order valence-electron chi connectivity index (χ1n) is 9.65. The first-order valence-corrected chi connectivity index (χ1v) is 11.5. The lowest BCUT2D eigenvalue weighted by molar-refractivity contribution is -0.137.